The Balaban J connectivity index is 3.06. The van der Waals surface area contributed by atoms with Crippen molar-refractivity contribution in [1.82, 2.24) is 9.59 Å². The number of anilines is 1. The van der Waals surface area contributed by atoms with Crippen molar-refractivity contribution < 1.29 is 4.79 Å². The van der Waals surface area contributed by atoms with Crippen LogP contribution in [0.3, 0.4) is 0 Å². The summed E-state index contributed by atoms with van der Waals surface area (Å²) in [4.78, 5) is 12.4. The Morgan fingerprint density at radius 2 is 2.27 bits per heavy atom. The fourth-order valence-electron chi connectivity index (χ4n) is 0.634. The maximum absolute atomic E-state index is 10.7. The Hall–Kier alpha value is -1.17. The number of carbonyl (C=O) groups excluding carboxylic acids is 1. The summed E-state index contributed by atoms with van der Waals surface area (Å²) in [6, 6.07) is 0. The van der Waals surface area contributed by atoms with E-state index in [2.05, 4.69) is 9.59 Å². The number of amides is 1. The van der Waals surface area contributed by atoms with Gasteiger partial charge in [-0.05, 0) is 0 Å². The van der Waals surface area contributed by atoms with Crippen LogP contribution in [0.1, 0.15) is 10.5 Å². The second-order valence-corrected chi connectivity index (χ2v) is 2.92. The molecule has 1 rings (SSSR count). The Morgan fingerprint density at radius 3 is 2.64 bits per heavy atom. The number of nitrogens with two attached hydrogens (primary N) is 1. The van der Waals surface area contributed by atoms with Crippen LogP contribution in [-0.4, -0.2) is 29.6 Å². The van der Waals surface area contributed by atoms with Gasteiger partial charge in [-0.1, -0.05) is 4.49 Å². The summed E-state index contributed by atoms with van der Waals surface area (Å²) in [5.41, 5.74) is 5.27. The maximum atomic E-state index is 10.7. The number of carbonyl (C=O) groups is 1. The molecule has 11 heavy (non-hydrogen) atoms. The van der Waals surface area contributed by atoms with Gasteiger partial charge in [0.25, 0.3) is 5.91 Å². The van der Waals surface area contributed by atoms with Gasteiger partial charge in [-0.3, -0.25) is 4.79 Å². The molecule has 5 nitrogen and oxygen atoms in total. The van der Waals surface area contributed by atoms with E-state index >= 15 is 0 Å². The van der Waals surface area contributed by atoms with Crippen molar-refractivity contribution in [3.8, 4) is 0 Å². The molecule has 0 fully saturated rings. The first-order chi connectivity index (χ1) is 5.13. The highest BCUT2D eigenvalue weighted by Crippen LogP contribution is 2.19. The Bertz CT molecular complexity index is 269. The molecule has 0 radical (unpaired) electrons. The van der Waals surface area contributed by atoms with Crippen molar-refractivity contribution in [2.45, 2.75) is 0 Å². The van der Waals surface area contributed by atoms with E-state index in [1.807, 2.05) is 14.1 Å². The number of primary amides is 1. The van der Waals surface area contributed by atoms with Crippen molar-refractivity contribution in [2.24, 2.45) is 5.73 Å². The smallest absolute Gasteiger partial charge is 0.272 e. The molecule has 1 amide bonds. The number of hydrogen-bond acceptors (Lipinski definition) is 5. The lowest BCUT2D eigenvalue weighted by atomic mass is 10.4. The highest BCUT2D eigenvalue weighted by atomic mass is 32.1. The van der Waals surface area contributed by atoms with Crippen LogP contribution >= 0.6 is 11.5 Å². The second kappa shape index (κ2) is 2.83. The van der Waals surface area contributed by atoms with E-state index in [0.29, 0.717) is 5.00 Å². The summed E-state index contributed by atoms with van der Waals surface area (Å²) >= 11 is 1.15. The zero-order valence-corrected chi connectivity index (χ0v) is 7.05. The van der Waals surface area contributed by atoms with E-state index < -0.39 is 5.91 Å². The standard InChI is InChI=1S/C5H8N4OS/c1-9(2)5-3(4(6)10)7-8-11-5/h1-2H3,(H2,6,10). The number of rotatable bonds is 2. The molecule has 0 atom stereocenters. The maximum Gasteiger partial charge on any atom is 0.272 e. The number of aromatic nitrogens is 2. The van der Waals surface area contributed by atoms with Gasteiger partial charge in [0.15, 0.2) is 5.69 Å². The fourth-order valence-corrected chi connectivity index (χ4v) is 1.23. The summed E-state index contributed by atoms with van der Waals surface area (Å²) in [5.74, 6) is -0.539. The van der Waals surface area contributed by atoms with E-state index in [4.69, 9.17) is 5.73 Å². The zero-order chi connectivity index (χ0) is 8.43. The van der Waals surface area contributed by atoms with E-state index in [1.54, 1.807) is 4.90 Å². The Labute approximate surface area is 68.0 Å². The molecule has 0 spiro atoms. The Morgan fingerprint density at radius 1 is 1.64 bits per heavy atom. The molecule has 2 N–H and O–H groups in total. The molecule has 1 heterocycles. The predicted molar refractivity (Wildman–Crippen MR) is 42.8 cm³/mol. The molecular formula is C5H8N4OS. The third-order valence-corrected chi connectivity index (χ3v) is 2.01. The van der Waals surface area contributed by atoms with Gasteiger partial charge in [0.2, 0.25) is 0 Å². The van der Waals surface area contributed by atoms with Crippen molar-refractivity contribution in [1.29, 1.82) is 0 Å². The van der Waals surface area contributed by atoms with Crippen LogP contribution in [-0.2, 0) is 0 Å². The number of nitrogens with zero attached hydrogens (tertiary/aromatic N) is 3. The van der Waals surface area contributed by atoms with E-state index in [1.165, 1.54) is 0 Å². The lowest BCUT2D eigenvalue weighted by Gasteiger charge is -2.07. The summed E-state index contributed by atoms with van der Waals surface area (Å²) in [5, 5.41) is 4.28. The summed E-state index contributed by atoms with van der Waals surface area (Å²) < 4.78 is 3.61. The third-order valence-electron chi connectivity index (χ3n) is 1.11. The first kappa shape index (κ1) is 7.93. The van der Waals surface area contributed by atoms with Crippen molar-refractivity contribution in [3.05, 3.63) is 5.69 Å². The van der Waals surface area contributed by atoms with Gasteiger partial charge in [-0.2, -0.15) is 0 Å². The molecule has 60 valence electrons. The fraction of sp³-hybridized carbons (Fsp3) is 0.400. The van der Waals surface area contributed by atoms with Crippen LogP contribution in [0.15, 0.2) is 0 Å². The first-order valence-corrected chi connectivity index (χ1v) is 3.69. The number of hydrogen-bond donors (Lipinski definition) is 1. The molecule has 0 bridgehead atoms. The summed E-state index contributed by atoms with van der Waals surface area (Å²) in [6.45, 7) is 0. The van der Waals surface area contributed by atoms with E-state index in [0.717, 1.165) is 11.5 Å². The molecule has 1 aromatic heterocycles. The van der Waals surface area contributed by atoms with Gasteiger partial charge in [0, 0.05) is 25.6 Å². The third kappa shape index (κ3) is 1.45. The normalized spacial score (nSPS) is 9.64. The lowest BCUT2D eigenvalue weighted by molar-refractivity contribution is 0.0996. The summed E-state index contributed by atoms with van der Waals surface area (Å²) in [7, 11) is 3.61. The SMILES string of the molecule is CN(C)c1snnc1C(N)=O. The van der Waals surface area contributed by atoms with Gasteiger partial charge in [0.05, 0.1) is 0 Å². The predicted octanol–water partition coefficient (Wildman–Crippen LogP) is -0.297. The summed E-state index contributed by atoms with van der Waals surface area (Å²) in [6.07, 6.45) is 0. The van der Waals surface area contributed by atoms with Crippen LogP contribution in [0.5, 0.6) is 0 Å². The van der Waals surface area contributed by atoms with Gasteiger partial charge >= 0.3 is 0 Å². The minimum absolute atomic E-state index is 0.236. The highest BCUT2D eigenvalue weighted by molar-refractivity contribution is 7.10. The molecular weight excluding hydrogens is 164 g/mol. The molecule has 1 aromatic rings. The van der Waals surface area contributed by atoms with Crippen molar-refractivity contribution in [3.63, 3.8) is 0 Å². The lowest BCUT2D eigenvalue weighted by Crippen LogP contribution is -2.17. The largest absolute Gasteiger partial charge is 0.366 e. The quantitative estimate of drug-likeness (QED) is 0.665. The van der Waals surface area contributed by atoms with Gasteiger partial charge in [0.1, 0.15) is 5.00 Å². The molecule has 0 unspecified atom stereocenters. The van der Waals surface area contributed by atoms with Crippen LogP contribution in [0.4, 0.5) is 5.00 Å². The van der Waals surface area contributed by atoms with Gasteiger partial charge < -0.3 is 10.6 Å². The Kier molecular flexibility index (Phi) is 2.04. The van der Waals surface area contributed by atoms with Gasteiger partial charge in [-0.25, -0.2) is 0 Å². The minimum atomic E-state index is -0.539. The second-order valence-electron chi connectivity index (χ2n) is 2.19. The van der Waals surface area contributed by atoms with Crippen LogP contribution in [0, 0.1) is 0 Å². The monoisotopic (exact) mass is 172 g/mol. The molecule has 6 heteroatoms. The topological polar surface area (TPSA) is 72.1 Å². The van der Waals surface area contributed by atoms with Crippen LogP contribution in [0.25, 0.3) is 0 Å². The van der Waals surface area contributed by atoms with E-state index in [9.17, 15) is 4.79 Å². The molecule has 0 aliphatic rings. The molecule has 0 saturated heterocycles. The molecule has 0 saturated carbocycles. The van der Waals surface area contributed by atoms with Crippen LogP contribution in [0.2, 0.25) is 0 Å². The molecule has 0 aliphatic heterocycles. The molecule has 0 aliphatic carbocycles. The van der Waals surface area contributed by atoms with Crippen molar-refractivity contribution in [2.75, 3.05) is 19.0 Å². The van der Waals surface area contributed by atoms with E-state index in [-0.39, 0.29) is 5.69 Å². The average molecular weight is 172 g/mol. The van der Waals surface area contributed by atoms with Crippen molar-refractivity contribution >= 4 is 22.4 Å². The molecule has 0 aromatic carbocycles. The zero-order valence-electron chi connectivity index (χ0n) is 6.24. The van der Waals surface area contributed by atoms with Gasteiger partial charge in [-0.15, -0.1) is 5.10 Å². The van der Waals surface area contributed by atoms with Crippen LogP contribution < -0.4 is 10.6 Å². The first-order valence-electron chi connectivity index (χ1n) is 2.92. The highest BCUT2D eigenvalue weighted by Gasteiger charge is 2.13. The average Bonchev–Trinajstić information content (AvgIpc) is 2.32. The minimum Gasteiger partial charge on any atom is -0.366 e.